The molecule has 3 aromatic rings. The Labute approximate surface area is 119 Å². The topological polar surface area (TPSA) is 51.8 Å². The average molecular weight is 287 g/mol. The van der Waals surface area contributed by atoms with Gasteiger partial charge in [0.2, 0.25) is 0 Å². The Morgan fingerprint density at radius 3 is 2.42 bits per heavy atom. The van der Waals surface area contributed by atoms with Crippen LogP contribution in [0.5, 0.6) is 0 Å². The van der Waals surface area contributed by atoms with Crippen molar-refractivity contribution in [1.82, 2.24) is 9.97 Å². The van der Waals surface area contributed by atoms with Crippen LogP contribution in [-0.2, 0) is 0 Å². The van der Waals surface area contributed by atoms with E-state index in [4.69, 9.17) is 5.73 Å². The molecule has 0 saturated carbocycles. The van der Waals surface area contributed by atoms with Crippen molar-refractivity contribution in [3.8, 4) is 22.0 Å². The fraction of sp³-hybridized carbons (Fsp3) is 0.143. The summed E-state index contributed by atoms with van der Waals surface area (Å²) in [5, 5.41) is 4.14. The zero-order valence-electron chi connectivity index (χ0n) is 10.7. The van der Waals surface area contributed by atoms with Gasteiger partial charge in [-0.25, -0.2) is 9.97 Å². The smallest absolute Gasteiger partial charge is 0.124 e. The average Bonchev–Trinajstić information content (AvgIpc) is 2.97. The minimum absolute atomic E-state index is 0.770. The number of aromatic nitrogens is 2. The molecule has 0 aliphatic carbocycles. The number of anilines is 1. The van der Waals surface area contributed by atoms with E-state index >= 15 is 0 Å². The zero-order chi connectivity index (χ0) is 13.4. The first kappa shape index (κ1) is 12.3. The molecule has 1 aromatic carbocycles. The quantitative estimate of drug-likeness (QED) is 0.721. The number of benzene rings is 1. The normalized spacial score (nSPS) is 10.8. The van der Waals surface area contributed by atoms with Crippen molar-refractivity contribution in [2.45, 2.75) is 13.8 Å². The number of nitrogens with zero attached hydrogens (tertiary/aromatic N) is 2. The maximum absolute atomic E-state index is 5.70. The van der Waals surface area contributed by atoms with Crippen molar-refractivity contribution >= 4 is 28.4 Å². The monoisotopic (exact) mass is 287 g/mol. The Balaban J connectivity index is 1.99. The molecule has 2 heterocycles. The van der Waals surface area contributed by atoms with Crippen LogP contribution in [0.25, 0.3) is 22.0 Å². The Kier molecular flexibility index (Phi) is 3.08. The van der Waals surface area contributed by atoms with Gasteiger partial charge < -0.3 is 5.73 Å². The number of nitrogen functional groups attached to an aromatic ring is 1. The minimum Gasteiger partial charge on any atom is -0.399 e. The molecule has 0 atom stereocenters. The van der Waals surface area contributed by atoms with Gasteiger partial charge in [-0.15, -0.1) is 22.7 Å². The van der Waals surface area contributed by atoms with Gasteiger partial charge in [0.25, 0.3) is 0 Å². The largest absolute Gasteiger partial charge is 0.399 e. The summed E-state index contributed by atoms with van der Waals surface area (Å²) in [4.78, 5) is 10.4. The molecule has 0 bridgehead atoms. The maximum Gasteiger partial charge on any atom is 0.124 e. The standard InChI is InChI=1S/C14H13N3S2/c1-8-13(16-9(2)19-8)12-7-18-14(17-12)10-3-5-11(15)6-4-10/h3-7H,15H2,1-2H3. The molecule has 0 unspecified atom stereocenters. The minimum atomic E-state index is 0.770. The van der Waals surface area contributed by atoms with Crippen molar-refractivity contribution < 1.29 is 0 Å². The van der Waals surface area contributed by atoms with Gasteiger partial charge in [-0.2, -0.15) is 0 Å². The summed E-state index contributed by atoms with van der Waals surface area (Å²) in [7, 11) is 0. The Morgan fingerprint density at radius 2 is 1.79 bits per heavy atom. The second-order valence-corrected chi connectivity index (χ2v) is 6.56. The highest BCUT2D eigenvalue weighted by atomic mass is 32.1. The number of hydrogen-bond donors (Lipinski definition) is 1. The van der Waals surface area contributed by atoms with E-state index in [1.165, 1.54) is 4.88 Å². The maximum atomic E-state index is 5.70. The molecule has 5 heteroatoms. The molecule has 0 spiro atoms. The van der Waals surface area contributed by atoms with E-state index < -0.39 is 0 Å². The van der Waals surface area contributed by atoms with Crippen LogP contribution in [0.15, 0.2) is 29.6 Å². The highest BCUT2D eigenvalue weighted by Gasteiger charge is 2.12. The van der Waals surface area contributed by atoms with Crippen molar-refractivity contribution in [3.05, 3.63) is 39.5 Å². The molecule has 0 fully saturated rings. The second kappa shape index (κ2) is 4.75. The molecule has 0 aliphatic heterocycles. The van der Waals surface area contributed by atoms with Crippen LogP contribution in [0, 0.1) is 13.8 Å². The predicted molar refractivity (Wildman–Crippen MR) is 82.5 cm³/mol. The van der Waals surface area contributed by atoms with Crippen LogP contribution in [-0.4, -0.2) is 9.97 Å². The number of aryl methyl sites for hydroxylation is 2. The van der Waals surface area contributed by atoms with Gasteiger partial charge >= 0.3 is 0 Å². The van der Waals surface area contributed by atoms with Crippen LogP contribution in [0.3, 0.4) is 0 Å². The SMILES string of the molecule is Cc1nc(-c2csc(-c3ccc(N)cc3)n2)c(C)s1. The molecule has 2 N–H and O–H groups in total. The fourth-order valence-electron chi connectivity index (χ4n) is 1.91. The van der Waals surface area contributed by atoms with E-state index in [9.17, 15) is 0 Å². The van der Waals surface area contributed by atoms with Gasteiger partial charge in [0, 0.05) is 21.5 Å². The number of rotatable bonds is 2. The molecular weight excluding hydrogens is 274 g/mol. The van der Waals surface area contributed by atoms with Gasteiger partial charge in [-0.05, 0) is 38.1 Å². The van der Waals surface area contributed by atoms with Crippen LogP contribution in [0.1, 0.15) is 9.88 Å². The highest BCUT2D eigenvalue weighted by molar-refractivity contribution is 7.13. The molecule has 3 rings (SSSR count). The summed E-state index contributed by atoms with van der Waals surface area (Å²) < 4.78 is 0. The molecule has 0 amide bonds. The molecule has 0 radical (unpaired) electrons. The third-order valence-electron chi connectivity index (χ3n) is 2.81. The van der Waals surface area contributed by atoms with Crippen molar-refractivity contribution in [2.24, 2.45) is 0 Å². The Bertz CT molecular complexity index is 711. The lowest BCUT2D eigenvalue weighted by atomic mass is 10.2. The molecule has 96 valence electrons. The van der Waals surface area contributed by atoms with E-state index in [0.717, 1.165) is 32.7 Å². The first-order valence-corrected chi connectivity index (χ1v) is 7.59. The molecule has 0 aliphatic rings. The molecule has 0 saturated heterocycles. The highest BCUT2D eigenvalue weighted by Crippen LogP contribution is 2.32. The number of nitrogens with two attached hydrogens (primary N) is 1. The zero-order valence-corrected chi connectivity index (χ0v) is 12.3. The van der Waals surface area contributed by atoms with E-state index in [-0.39, 0.29) is 0 Å². The third-order valence-corrected chi connectivity index (χ3v) is 4.59. The van der Waals surface area contributed by atoms with Crippen LogP contribution >= 0.6 is 22.7 Å². The van der Waals surface area contributed by atoms with Gasteiger partial charge in [0.15, 0.2) is 0 Å². The molecule has 19 heavy (non-hydrogen) atoms. The van der Waals surface area contributed by atoms with E-state index in [1.54, 1.807) is 22.7 Å². The lowest BCUT2D eigenvalue weighted by Gasteiger charge is -1.97. The Morgan fingerprint density at radius 1 is 1.05 bits per heavy atom. The molecule has 2 aromatic heterocycles. The first-order chi connectivity index (χ1) is 9.13. The van der Waals surface area contributed by atoms with E-state index in [1.807, 2.05) is 31.2 Å². The summed E-state index contributed by atoms with van der Waals surface area (Å²) in [6, 6.07) is 7.79. The fourth-order valence-corrected chi connectivity index (χ4v) is 3.55. The van der Waals surface area contributed by atoms with Gasteiger partial charge in [0.1, 0.15) is 16.4 Å². The number of thiazole rings is 2. The summed E-state index contributed by atoms with van der Waals surface area (Å²) >= 11 is 3.34. The summed E-state index contributed by atoms with van der Waals surface area (Å²) in [6.07, 6.45) is 0. The van der Waals surface area contributed by atoms with Crippen LogP contribution in [0.4, 0.5) is 5.69 Å². The summed E-state index contributed by atoms with van der Waals surface area (Å²) in [6.45, 7) is 4.11. The lowest BCUT2D eigenvalue weighted by Crippen LogP contribution is -1.84. The number of hydrogen-bond acceptors (Lipinski definition) is 5. The first-order valence-electron chi connectivity index (χ1n) is 5.89. The molecular formula is C14H13N3S2. The third kappa shape index (κ3) is 2.39. The lowest BCUT2D eigenvalue weighted by molar-refractivity contribution is 1.25. The van der Waals surface area contributed by atoms with E-state index in [0.29, 0.717) is 0 Å². The van der Waals surface area contributed by atoms with Crippen molar-refractivity contribution in [3.63, 3.8) is 0 Å². The van der Waals surface area contributed by atoms with Crippen molar-refractivity contribution in [2.75, 3.05) is 5.73 Å². The van der Waals surface area contributed by atoms with E-state index in [2.05, 4.69) is 22.3 Å². The Hall–Kier alpha value is -1.72. The summed E-state index contributed by atoms with van der Waals surface area (Å²) in [5.41, 5.74) is 9.52. The second-order valence-electron chi connectivity index (χ2n) is 4.30. The van der Waals surface area contributed by atoms with Crippen LogP contribution < -0.4 is 5.73 Å². The molecule has 3 nitrogen and oxygen atoms in total. The van der Waals surface area contributed by atoms with Gasteiger partial charge in [-0.1, -0.05) is 0 Å². The predicted octanol–water partition coefficient (Wildman–Crippen LogP) is 4.13. The van der Waals surface area contributed by atoms with Crippen LogP contribution in [0.2, 0.25) is 0 Å². The van der Waals surface area contributed by atoms with Gasteiger partial charge in [0.05, 0.1) is 5.01 Å². The van der Waals surface area contributed by atoms with Gasteiger partial charge in [-0.3, -0.25) is 0 Å². The van der Waals surface area contributed by atoms with Crippen molar-refractivity contribution in [1.29, 1.82) is 0 Å². The summed E-state index contributed by atoms with van der Waals surface area (Å²) in [5.74, 6) is 0.